The van der Waals surface area contributed by atoms with Crippen molar-refractivity contribution in [2.45, 2.75) is 45.8 Å². The number of rotatable bonds is 14. The quantitative estimate of drug-likeness (QED) is 0.163. The number of hydrogen-bond acceptors (Lipinski definition) is 9. The molecular weight excluding hydrogens is 562 g/mol. The van der Waals surface area contributed by atoms with Crippen LogP contribution >= 0.6 is 19.2 Å². The van der Waals surface area contributed by atoms with Crippen molar-refractivity contribution in [2.75, 3.05) is 19.8 Å². The van der Waals surface area contributed by atoms with Gasteiger partial charge >= 0.3 is 18.9 Å². The molecule has 2 aromatic carbocycles. The summed E-state index contributed by atoms with van der Waals surface area (Å²) in [4.78, 5) is 13.8. The summed E-state index contributed by atoms with van der Waals surface area (Å²) < 4.78 is 79.2. The van der Waals surface area contributed by atoms with E-state index in [9.17, 15) is 27.6 Å². The van der Waals surface area contributed by atoms with Crippen LogP contribution in [0, 0.1) is 0 Å². The van der Waals surface area contributed by atoms with Crippen LogP contribution < -0.4 is 9.61 Å². The Bertz CT molecular complexity index is 1280. The van der Waals surface area contributed by atoms with E-state index in [0.29, 0.717) is 22.6 Å². The fourth-order valence-corrected chi connectivity index (χ4v) is 5.49. The van der Waals surface area contributed by atoms with Crippen LogP contribution in [-0.2, 0) is 35.5 Å². The van der Waals surface area contributed by atoms with Crippen LogP contribution in [0.5, 0.6) is 11.6 Å². The highest BCUT2D eigenvalue weighted by Gasteiger charge is 2.32. The molecule has 214 valence electrons. The zero-order valence-corrected chi connectivity index (χ0v) is 23.1. The van der Waals surface area contributed by atoms with E-state index in [4.69, 9.17) is 23.0 Å². The van der Waals surface area contributed by atoms with Crippen molar-refractivity contribution in [3.05, 3.63) is 79.8 Å². The van der Waals surface area contributed by atoms with E-state index in [-0.39, 0.29) is 30.6 Å². The van der Waals surface area contributed by atoms with Gasteiger partial charge in [0, 0.05) is 6.42 Å². The van der Waals surface area contributed by atoms with E-state index in [1.807, 2.05) is 0 Å². The van der Waals surface area contributed by atoms with Gasteiger partial charge in [0.15, 0.2) is 6.29 Å². The molecule has 0 radical (unpaired) electrons. The highest BCUT2D eigenvalue weighted by atomic mass is 32.1. The fraction of sp³-hybridized carbons (Fsp3) is 0.400. The second kappa shape index (κ2) is 13.6. The maximum Gasteiger partial charge on any atom is 0.477 e. The van der Waals surface area contributed by atoms with Crippen LogP contribution in [-0.4, -0.2) is 36.2 Å². The first kappa shape index (κ1) is 30.9. The van der Waals surface area contributed by atoms with Crippen LogP contribution in [0.1, 0.15) is 48.4 Å². The smallest absolute Gasteiger partial charge is 0.477 e. The number of halogens is 3. The van der Waals surface area contributed by atoms with Gasteiger partial charge in [-0.25, -0.2) is 4.57 Å². The molecule has 2 N–H and O–H groups in total. The molecular formula is C25H29F3NO8PS. The molecule has 14 heteroatoms. The van der Waals surface area contributed by atoms with Crippen LogP contribution in [0.25, 0.3) is 0 Å². The summed E-state index contributed by atoms with van der Waals surface area (Å²) in [5.41, 5.74) is 0.366. The predicted molar refractivity (Wildman–Crippen MR) is 138 cm³/mol. The Morgan fingerprint density at radius 2 is 1.64 bits per heavy atom. The standard InChI is InChI=1S/C25H29F3NO8PS/c1-4-34-38(32,35-5-2)37-16(3)36-21(18-8-10-19(11-9-18)25(26,27)28)15-33-20-12-6-17(7-13-20)14-22-23(30)29-24(31)39-22/h6-13,16,21,30H,4-5,14-15H2,1-3H3,(H,29,31). The molecule has 9 nitrogen and oxygen atoms in total. The number of H-pyrrole nitrogens is 1. The van der Waals surface area contributed by atoms with E-state index in [0.717, 1.165) is 29.0 Å². The molecule has 0 saturated carbocycles. The molecule has 2 atom stereocenters. The van der Waals surface area contributed by atoms with E-state index >= 15 is 0 Å². The van der Waals surface area contributed by atoms with Gasteiger partial charge in [-0.05, 0) is 56.2 Å². The average Bonchev–Trinajstić information content (AvgIpc) is 3.18. The summed E-state index contributed by atoms with van der Waals surface area (Å²) in [5, 5.41) is 9.78. The van der Waals surface area contributed by atoms with E-state index in [1.54, 1.807) is 38.1 Å². The molecule has 0 fully saturated rings. The number of aromatic nitrogens is 1. The van der Waals surface area contributed by atoms with Crippen molar-refractivity contribution >= 4 is 19.2 Å². The maximum atomic E-state index is 13.1. The van der Waals surface area contributed by atoms with Crippen molar-refractivity contribution in [1.29, 1.82) is 0 Å². The molecule has 0 amide bonds. The summed E-state index contributed by atoms with van der Waals surface area (Å²) in [6.07, 6.45) is -6.21. The third-order valence-corrected chi connectivity index (χ3v) is 7.78. The second-order valence-electron chi connectivity index (χ2n) is 8.12. The van der Waals surface area contributed by atoms with Gasteiger partial charge in [0.25, 0.3) is 0 Å². The number of nitrogens with one attached hydrogen (secondary N) is 1. The first-order valence-electron chi connectivity index (χ1n) is 11.9. The molecule has 3 aromatic rings. The lowest BCUT2D eigenvalue weighted by Gasteiger charge is -2.26. The SMILES string of the molecule is CCOP(=O)(OCC)OC(C)OC(COc1ccc(Cc2sc(=O)[nH]c2O)cc1)c1ccc(C(F)(F)F)cc1. The lowest BCUT2D eigenvalue weighted by atomic mass is 10.1. The minimum Gasteiger partial charge on any atom is -0.494 e. The number of thiazole rings is 1. The number of aromatic hydroxyl groups is 1. The Labute approximate surface area is 227 Å². The molecule has 0 aliphatic heterocycles. The van der Waals surface area contributed by atoms with Crippen molar-refractivity contribution < 1.29 is 45.9 Å². The molecule has 3 rings (SSSR count). The minimum absolute atomic E-state index is 0.0633. The summed E-state index contributed by atoms with van der Waals surface area (Å²) in [6.45, 7) is 4.70. The van der Waals surface area contributed by atoms with E-state index in [2.05, 4.69) is 4.98 Å². The van der Waals surface area contributed by atoms with Crippen molar-refractivity contribution in [3.8, 4) is 11.6 Å². The van der Waals surface area contributed by atoms with Gasteiger partial charge in [0.05, 0.1) is 23.7 Å². The zero-order valence-electron chi connectivity index (χ0n) is 21.4. The number of ether oxygens (including phenoxy) is 2. The number of aromatic amines is 1. The van der Waals surface area contributed by atoms with Crippen LogP contribution in [0.15, 0.2) is 53.3 Å². The monoisotopic (exact) mass is 591 g/mol. The summed E-state index contributed by atoms with van der Waals surface area (Å²) in [6, 6.07) is 11.2. The predicted octanol–water partition coefficient (Wildman–Crippen LogP) is 6.43. The molecule has 0 spiro atoms. The molecule has 1 aromatic heterocycles. The van der Waals surface area contributed by atoms with Gasteiger partial charge in [-0.3, -0.25) is 23.3 Å². The van der Waals surface area contributed by atoms with Crippen molar-refractivity contribution in [2.24, 2.45) is 0 Å². The molecule has 0 saturated heterocycles. The number of phosphoric acid groups is 1. The van der Waals surface area contributed by atoms with Gasteiger partial charge in [0.1, 0.15) is 18.5 Å². The second-order valence-corrected chi connectivity index (χ2v) is 10.8. The summed E-state index contributed by atoms with van der Waals surface area (Å²) in [7, 11) is -3.92. The normalized spacial score (nSPS) is 13.8. The molecule has 2 unspecified atom stereocenters. The fourth-order valence-electron chi connectivity index (χ4n) is 3.49. The Morgan fingerprint density at radius 1 is 1.03 bits per heavy atom. The highest BCUT2D eigenvalue weighted by Crippen LogP contribution is 2.50. The van der Waals surface area contributed by atoms with Gasteiger partial charge in [-0.1, -0.05) is 35.6 Å². The largest absolute Gasteiger partial charge is 0.494 e. The Hall–Kier alpha value is -2.67. The lowest BCUT2D eigenvalue weighted by molar-refractivity contribution is -0.138. The maximum absolute atomic E-state index is 13.1. The van der Waals surface area contributed by atoms with Crippen molar-refractivity contribution in [1.82, 2.24) is 4.98 Å². The van der Waals surface area contributed by atoms with Crippen LogP contribution in [0.4, 0.5) is 13.2 Å². The summed E-state index contributed by atoms with van der Waals surface area (Å²) >= 11 is 0.914. The van der Waals surface area contributed by atoms with E-state index in [1.165, 1.54) is 19.1 Å². The Balaban J connectivity index is 1.73. The summed E-state index contributed by atoms with van der Waals surface area (Å²) in [5.74, 6) is 0.269. The molecule has 0 aliphatic carbocycles. The third kappa shape index (κ3) is 9.20. The average molecular weight is 592 g/mol. The number of benzene rings is 2. The first-order chi connectivity index (χ1) is 18.4. The van der Waals surface area contributed by atoms with Crippen molar-refractivity contribution in [3.63, 3.8) is 0 Å². The number of hydrogen-bond donors (Lipinski definition) is 2. The molecule has 0 bridgehead atoms. The molecule has 0 aliphatic rings. The lowest BCUT2D eigenvalue weighted by Crippen LogP contribution is -2.22. The highest BCUT2D eigenvalue weighted by molar-refractivity contribution is 7.48. The molecule has 1 heterocycles. The van der Waals surface area contributed by atoms with Gasteiger partial charge in [0.2, 0.25) is 5.88 Å². The van der Waals surface area contributed by atoms with Gasteiger partial charge in [-0.2, -0.15) is 13.2 Å². The number of phosphoric ester groups is 1. The van der Waals surface area contributed by atoms with Crippen LogP contribution in [0.2, 0.25) is 0 Å². The topological polar surface area (TPSA) is 116 Å². The third-order valence-electron chi connectivity index (χ3n) is 5.21. The van der Waals surface area contributed by atoms with E-state index < -0.39 is 32.0 Å². The minimum atomic E-state index is -4.50. The Morgan fingerprint density at radius 3 is 2.15 bits per heavy atom. The Kier molecular flexibility index (Phi) is 10.8. The number of alkyl halides is 3. The van der Waals surface area contributed by atoms with Gasteiger partial charge < -0.3 is 14.6 Å². The van der Waals surface area contributed by atoms with Crippen LogP contribution in [0.3, 0.4) is 0 Å². The molecule has 39 heavy (non-hydrogen) atoms. The first-order valence-corrected chi connectivity index (χ1v) is 14.2. The van der Waals surface area contributed by atoms with Gasteiger partial charge in [-0.15, -0.1) is 0 Å². The zero-order chi connectivity index (χ0) is 28.6.